The predicted octanol–water partition coefficient (Wildman–Crippen LogP) is 2.69. The summed E-state index contributed by atoms with van der Waals surface area (Å²) in [6.07, 6.45) is -0.543. The average Bonchev–Trinajstić information content (AvgIpc) is 2.28. The minimum atomic E-state index is -5.67. The fourth-order valence-electron chi connectivity index (χ4n) is 1.80. The van der Waals surface area contributed by atoms with Gasteiger partial charge in [0.05, 0.1) is 11.8 Å². The smallest absolute Gasteiger partial charge is 0.393 e. The highest BCUT2D eigenvalue weighted by atomic mass is 32.2. The van der Waals surface area contributed by atoms with Crippen molar-refractivity contribution < 1.29 is 31.1 Å². The van der Waals surface area contributed by atoms with E-state index in [2.05, 4.69) is 5.32 Å². The highest BCUT2D eigenvalue weighted by molar-refractivity contribution is 7.92. The van der Waals surface area contributed by atoms with Crippen LogP contribution in [-0.2, 0) is 9.84 Å². The monoisotopic (exact) mass is 329 g/mol. The van der Waals surface area contributed by atoms with Gasteiger partial charge in [-0.3, -0.25) is 0 Å². The van der Waals surface area contributed by atoms with Gasteiger partial charge < -0.3 is 10.4 Å². The second kappa shape index (κ2) is 6.18. The number of benzene rings is 1. The Bertz CT molecular complexity index is 599. The van der Waals surface area contributed by atoms with Gasteiger partial charge in [0.25, 0.3) is 9.84 Å². The van der Waals surface area contributed by atoms with Crippen molar-refractivity contribution in [2.75, 3.05) is 5.32 Å². The molecule has 4 nitrogen and oxygen atoms in total. The van der Waals surface area contributed by atoms with Crippen molar-refractivity contribution in [1.82, 2.24) is 0 Å². The summed E-state index contributed by atoms with van der Waals surface area (Å²) in [6, 6.07) is 1.59. The van der Waals surface area contributed by atoms with E-state index in [1.54, 1.807) is 6.92 Å². The first kappa shape index (κ1) is 17.7. The Hall–Kier alpha value is -1.35. The van der Waals surface area contributed by atoms with Crippen LogP contribution in [0, 0.1) is 5.82 Å². The molecule has 0 spiro atoms. The topological polar surface area (TPSA) is 66.4 Å². The van der Waals surface area contributed by atoms with Crippen molar-refractivity contribution >= 4 is 15.5 Å². The Kier molecular flexibility index (Phi) is 5.21. The van der Waals surface area contributed by atoms with Crippen LogP contribution in [0.3, 0.4) is 0 Å². The van der Waals surface area contributed by atoms with E-state index in [-0.39, 0.29) is 12.1 Å². The molecule has 120 valence electrons. The summed E-state index contributed by atoms with van der Waals surface area (Å²) in [4.78, 5) is -1.17. The van der Waals surface area contributed by atoms with Gasteiger partial charge in [-0.2, -0.15) is 13.2 Å². The van der Waals surface area contributed by atoms with E-state index in [1.807, 2.05) is 0 Å². The molecule has 21 heavy (non-hydrogen) atoms. The molecule has 2 atom stereocenters. The Morgan fingerprint density at radius 1 is 1.29 bits per heavy atom. The fraction of sp³-hybridized carbons (Fsp3) is 0.500. The molecule has 0 bridgehead atoms. The second-order valence-corrected chi connectivity index (χ2v) is 6.63. The third-order valence-electron chi connectivity index (χ3n) is 2.63. The summed E-state index contributed by atoms with van der Waals surface area (Å²) < 4.78 is 73.8. The van der Waals surface area contributed by atoms with Gasteiger partial charge in [0, 0.05) is 6.04 Å². The van der Waals surface area contributed by atoms with Crippen LogP contribution in [0.25, 0.3) is 0 Å². The standard InChI is InChI=1S/C12H15F4NO3S/c1-7(5-8(2)18)17-10-4-3-9(13)6-11(10)21(19,20)12(14,15)16/h3-4,6-8,17-18H,5H2,1-2H3. The SMILES string of the molecule is CC(O)CC(C)Nc1ccc(F)cc1S(=O)(=O)C(F)(F)F. The van der Waals surface area contributed by atoms with Crippen molar-refractivity contribution in [3.05, 3.63) is 24.0 Å². The number of anilines is 1. The number of rotatable bonds is 5. The normalized spacial score (nSPS) is 15.6. The molecule has 0 aromatic heterocycles. The molecule has 0 heterocycles. The van der Waals surface area contributed by atoms with Crippen LogP contribution >= 0.6 is 0 Å². The highest BCUT2D eigenvalue weighted by Crippen LogP contribution is 2.35. The van der Waals surface area contributed by atoms with Crippen molar-refractivity contribution in [2.24, 2.45) is 0 Å². The van der Waals surface area contributed by atoms with E-state index >= 15 is 0 Å². The van der Waals surface area contributed by atoms with E-state index in [9.17, 15) is 31.1 Å². The number of nitrogens with one attached hydrogen (secondary N) is 1. The van der Waals surface area contributed by atoms with E-state index in [4.69, 9.17) is 0 Å². The lowest BCUT2D eigenvalue weighted by molar-refractivity contribution is -0.0435. The summed E-state index contributed by atoms with van der Waals surface area (Å²) in [5.74, 6) is -1.09. The third kappa shape index (κ3) is 4.31. The van der Waals surface area contributed by atoms with E-state index in [0.717, 1.165) is 12.1 Å². The number of hydrogen-bond acceptors (Lipinski definition) is 4. The quantitative estimate of drug-likeness (QED) is 0.815. The Balaban J connectivity index is 3.24. The van der Waals surface area contributed by atoms with Crippen LogP contribution in [0.1, 0.15) is 20.3 Å². The largest absolute Gasteiger partial charge is 0.501 e. The molecule has 1 rings (SSSR count). The average molecular weight is 329 g/mol. The van der Waals surface area contributed by atoms with Crippen LogP contribution in [0.4, 0.5) is 23.2 Å². The Labute approximate surface area is 119 Å². The Morgan fingerprint density at radius 3 is 2.33 bits per heavy atom. The van der Waals surface area contributed by atoms with Crippen LogP contribution < -0.4 is 5.32 Å². The van der Waals surface area contributed by atoms with Crippen molar-refractivity contribution in [1.29, 1.82) is 0 Å². The van der Waals surface area contributed by atoms with E-state index < -0.39 is 38.2 Å². The lowest BCUT2D eigenvalue weighted by Crippen LogP contribution is -2.26. The molecular weight excluding hydrogens is 314 g/mol. The molecule has 0 radical (unpaired) electrons. The van der Waals surface area contributed by atoms with E-state index in [1.165, 1.54) is 6.92 Å². The molecule has 9 heteroatoms. The molecule has 0 aliphatic rings. The van der Waals surface area contributed by atoms with Gasteiger partial charge in [-0.25, -0.2) is 12.8 Å². The zero-order valence-electron chi connectivity index (χ0n) is 11.3. The Morgan fingerprint density at radius 2 is 1.86 bits per heavy atom. The summed E-state index contributed by atoms with van der Waals surface area (Å²) in [5, 5.41) is 11.7. The van der Waals surface area contributed by atoms with Crippen molar-refractivity contribution in [3.8, 4) is 0 Å². The first-order chi connectivity index (χ1) is 9.45. The lowest BCUT2D eigenvalue weighted by atomic mass is 10.1. The zero-order chi connectivity index (χ0) is 16.4. The first-order valence-corrected chi connectivity index (χ1v) is 7.49. The van der Waals surface area contributed by atoms with Crippen molar-refractivity contribution in [2.45, 2.75) is 42.8 Å². The lowest BCUT2D eigenvalue weighted by Gasteiger charge is -2.20. The number of halogens is 4. The van der Waals surface area contributed by atoms with Gasteiger partial charge in [-0.15, -0.1) is 0 Å². The number of hydrogen-bond donors (Lipinski definition) is 2. The number of aliphatic hydroxyl groups is 1. The molecule has 0 saturated carbocycles. The summed E-state index contributed by atoms with van der Waals surface area (Å²) >= 11 is 0. The predicted molar refractivity (Wildman–Crippen MR) is 69.0 cm³/mol. The van der Waals surface area contributed by atoms with Gasteiger partial charge in [-0.1, -0.05) is 0 Å². The molecule has 1 aromatic rings. The summed E-state index contributed by atoms with van der Waals surface area (Å²) in [7, 11) is -5.67. The molecular formula is C12H15F4NO3S. The van der Waals surface area contributed by atoms with Crippen LogP contribution in [0.2, 0.25) is 0 Å². The zero-order valence-corrected chi connectivity index (χ0v) is 12.1. The summed E-state index contributed by atoms with van der Waals surface area (Å²) in [5.41, 5.74) is -5.88. The molecule has 0 amide bonds. The molecule has 0 aliphatic carbocycles. The maximum Gasteiger partial charge on any atom is 0.501 e. The first-order valence-electron chi connectivity index (χ1n) is 6.00. The fourth-order valence-corrected chi connectivity index (χ4v) is 2.73. The maximum atomic E-state index is 13.1. The van der Waals surface area contributed by atoms with Crippen LogP contribution in [0.5, 0.6) is 0 Å². The minimum Gasteiger partial charge on any atom is -0.393 e. The second-order valence-electron chi connectivity index (χ2n) is 4.72. The van der Waals surface area contributed by atoms with Crippen LogP contribution in [0.15, 0.2) is 23.1 Å². The summed E-state index contributed by atoms with van der Waals surface area (Å²) in [6.45, 7) is 3.04. The van der Waals surface area contributed by atoms with E-state index in [0.29, 0.717) is 6.07 Å². The van der Waals surface area contributed by atoms with Gasteiger partial charge in [0.2, 0.25) is 0 Å². The molecule has 0 aliphatic heterocycles. The highest BCUT2D eigenvalue weighted by Gasteiger charge is 2.48. The molecule has 0 fully saturated rings. The molecule has 0 saturated heterocycles. The number of alkyl halides is 3. The molecule has 1 aromatic carbocycles. The number of sulfone groups is 1. The minimum absolute atomic E-state index is 0.183. The third-order valence-corrected chi connectivity index (χ3v) is 4.16. The van der Waals surface area contributed by atoms with Gasteiger partial charge in [0.1, 0.15) is 10.7 Å². The van der Waals surface area contributed by atoms with Gasteiger partial charge in [-0.05, 0) is 38.5 Å². The van der Waals surface area contributed by atoms with Crippen LogP contribution in [-0.4, -0.2) is 31.2 Å². The van der Waals surface area contributed by atoms with Crippen molar-refractivity contribution in [3.63, 3.8) is 0 Å². The molecule has 2 N–H and O–H groups in total. The number of aliphatic hydroxyl groups excluding tert-OH is 1. The molecule has 2 unspecified atom stereocenters. The van der Waals surface area contributed by atoms with Gasteiger partial charge >= 0.3 is 5.51 Å². The van der Waals surface area contributed by atoms with Gasteiger partial charge in [0.15, 0.2) is 0 Å². The maximum absolute atomic E-state index is 13.1.